The summed E-state index contributed by atoms with van der Waals surface area (Å²) in [4.78, 5) is 44.4. The first-order chi connectivity index (χ1) is 23.7. The van der Waals surface area contributed by atoms with E-state index >= 15 is 0 Å². The standard InChI is InChI=1S/C36H35BrN2O9S/c1-6-45-28-15-23(13-14-26(28)48-20-31(40)44-5)33-32(35(42)46-7-2)21(3)38-36-39(33)34(41)30(49-36)17-24-16-27(43-4)29(18-25(24)37)47-19-22-11-9-8-10-12-22/h8-18,33H,6-7,19-20H2,1-5H3/b30-17-/t33-/m0/s1. The molecule has 3 aromatic carbocycles. The van der Waals surface area contributed by atoms with Gasteiger partial charge in [0.05, 0.1) is 49.3 Å². The van der Waals surface area contributed by atoms with Crippen LogP contribution in [0, 0.1) is 0 Å². The predicted molar refractivity (Wildman–Crippen MR) is 187 cm³/mol. The maximum absolute atomic E-state index is 14.2. The number of carbonyl (C=O) groups is 2. The van der Waals surface area contributed by atoms with Crippen LogP contribution in [0.2, 0.25) is 0 Å². The average molecular weight is 752 g/mol. The minimum Gasteiger partial charge on any atom is -0.493 e. The molecule has 0 aliphatic carbocycles. The van der Waals surface area contributed by atoms with E-state index in [4.69, 9.17) is 23.7 Å². The Bertz CT molecular complexity index is 2070. The molecule has 0 radical (unpaired) electrons. The fourth-order valence-corrected chi connectivity index (χ4v) is 6.67. The molecule has 1 aromatic heterocycles. The lowest BCUT2D eigenvalue weighted by atomic mass is 9.95. The Balaban J connectivity index is 1.60. The number of aromatic nitrogens is 1. The number of esters is 2. The predicted octanol–water partition coefficient (Wildman–Crippen LogP) is 5.10. The molecule has 0 saturated heterocycles. The Hall–Kier alpha value is -4.88. The monoisotopic (exact) mass is 750 g/mol. The number of allylic oxidation sites excluding steroid dienone is 1. The molecule has 2 heterocycles. The van der Waals surface area contributed by atoms with Crippen LogP contribution in [-0.4, -0.2) is 50.5 Å². The number of thiazole rings is 1. The highest BCUT2D eigenvalue weighted by atomic mass is 79.9. The molecule has 1 atom stereocenters. The van der Waals surface area contributed by atoms with Crippen molar-refractivity contribution < 1.29 is 38.0 Å². The molecule has 0 bridgehead atoms. The van der Waals surface area contributed by atoms with Crippen LogP contribution in [0.3, 0.4) is 0 Å². The van der Waals surface area contributed by atoms with Gasteiger partial charge in [-0.25, -0.2) is 14.6 Å². The van der Waals surface area contributed by atoms with Crippen LogP contribution in [0.1, 0.15) is 43.5 Å². The number of carbonyl (C=O) groups excluding carboxylic acids is 2. The van der Waals surface area contributed by atoms with Crippen molar-refractivity contribution in [2.75, 3.05) is 34.0 Å². The largest absolute Gasteiger partial charge is 0.493 e. The number of fused-ring (bicyclic) bond motifs is 1. The molecule has 5 rings (SSSR count). The van der Waals surface area contributed by atoms with Gasteiger partial charge in [-0.2, -0.15) is 0 Å². The second-order valence-corrected chi connectivity index (χ2v) is 12.5. The molecule has 49 heavy (non-hydrogen) atoms. The van der Waals surface area contributed by atoms with Crippen molar-refractivity contribution in [3.8, 4) is 23.0 Å². The number of hydrogen-bond acceptors (Lipinski definition) is 11. The van der Waals surface area contributed by atoms with E-state index in [0.717, 1.165) is 5.56 Å². The maximum Gasteiger partial charge on any atom is 0.343 e. The fourth-order valence-electron chi connectivity index (χ4n) is 5.20. The van der Waals surface area contributed by atoms with Crippen LogP contribution in [0.4, 0.5) is 0 Å². The molecule has 4 aromatic rings. The molecule has 256 valence electrons. The molecule has 13 heteroatoms. The van der Waals surface area contributed by atoms with Crippen LogP contribution >= 0.6 is 27.3 Å². The lowest BCUT2D eigenvalue weighted by molar-refractivity contribution is -0.143. The highest BCUT2D eigenvalue weighted by Crippen LogP contribution is 2.37. The molecule has 11 nitrogen and oxygen atoms in total. The van der Waals surface area contributed by atoms with E-state index in [9.17, 15) is 14.4 Å². The summed E-state index contributed by atoms with van der Waals surface area (Å²) in [6.45, 7) is 5.70. The molecule has 0 fully saturated rings. The minimum absolute atomic E-state index is 0.137. The summed E-state index contributed by atoms with van der Waals surface area (Å²) >= 11 is 4.82. The first-order valence-electron chi connectivity index (χ1n) is 15.4. The van der Waals surface area contributed by atoms with Crippen LogP contribution in [0.5, 0.6) is 23.0 Å². The van der Waals surface area contributed by atoms with Gasteiger partial charge in [0, 0.05) is 4.47 Å². The Labute approximate surface area is 295 Å². The van der Waals surface area contributed by atoms with Gasteiger partial charge in [-0.3, -0.25) is 9.36 Å². The van der Waals surface area contributed by atoms with Crippen molar-refractivity contribution in [1.82, 2.24) is 4.57 Å². The summed E-state index contributed by atoms with van der Waals surface area (Å²) in [7, 11) is 2.82. The quantitative estimate of drug-likeness (QED) is 0.172. The number of ether oxygens (including phenoxy) is 6. The summed E-state index contributed by atoms with van der Waals surface area (Å²) in [5, 5.41) is 0. The molecule has 0 N–H and O–H groups in total. The van der Waals surface area contributed by atoms with Gasteiger partial charge in [0.2, 0.25) is 0 Å². The van der Waals surface area contributed by atoms with Gasteiger partial charge in [0.15, 0.2) is 34.4 Å². The van der Waals surface area contributed by atoms with Crippen molar-refractivity contribution in [3.63, 3.8) is 0 Å². The first kappa shape index (κ1) is 35.4. The van der Waals surface area contributed by atoms with Gasteiger partial charge in [0.1, 0.15) is 6.61 Å². The molecular formula is C36H35BrN2O9S. The molecular weight excluding hydrogens is 716 g/mol. The summed E-state index contributed by atoms with van der Waals surface area (Å²) < 4.78 is 35.8. The van der Waals surface area contributed by atoms with Crippen molar-refractivity contribution >= 4 is 45.3 Å². The van der Waals surface area contributed by atoms with Crippen LogP contribution in [-0.2, 0) is 25.7 Å². The van der Waals surface area contributed by atoms with Gasteiger partial charge in [0.25, 0.3) is 5.56 Å². The lowest BCUT2D eigenvalue weighted by Crippen LogP contribution is -2.40. The van der Waals surface area contributed by atoms with E-state index in [1.165, 1.54) is 23.0 Å². The zero-order valence-electron chi connectivity index (χ0n) is 27.6. The van der Waals surface area contributed by atoms with Crippen molar-refractivity contribution in [3.05, 3.63) is 113 Å². The molecule has 0 saturated carbocycles. The van der Waals surface area contributed by atoms with Gasteiger partial charge in [-0.1, -0.05) is 63.7 Å². The van der Waals surface area contributed by atoms with E-state index in [-0.39, 0.29) is 24.3 Å². The number of hydrogen-bond donors (Lipinski definition) is 0. The molecule has 1 aliphatic heterocycles. The minimum atomic E-state index is -0.891. The van der Waals surface area contributed by atoms with Crippen molar-refractivity contribution in [1.29, 1.82) is 0 Å². The van der Waals surface area contributed by atoms with E-state index < -0.39 is 18.0 Å². The Morgan fingerprint density at radius 1 is 0.939 bits per heavy atom. The average Bonchev–Trinajstić information content (AvgIpc) is 3.40. The van der Waals surface area contributed by atoms with Crippen LogP contribution in [0.25, 0.3) is 6.08 Å². The van der Waals surface area contributed by atoms with E-state index in [1.807, 2.05) is 37.3 Å². The molecule has 0 amide bonds. The number of halogens is 1. The molecule has 0 unspecified atom stereocenters. The van der Waals surface area contributed by atoms with Crippen molar-refractivity contribution in [2.45, 2.75) is 33.4 Å². The van der Waals surface area contributed by atoms with Crippen molar-refractivity contribution in [2.24, 2.45) is 4.99 Å². The van der Waals surface area contributed by atoms with Crippen LogP contribution < -0.4 is 33.8 Å². The normalized spacial score (nSPS) is 14.1. The van der Waals surface area contributed by atoms with Gasteiger partial charge in [-0.05, 0) is 67.8 Å². The number of rotatable bonds is 13. The van der Waals surface area contributed by atoms with Gasteiger partial charge >= 0.3 is 11.9 Å². The third-order valence-corrected chi connectivity index (χ3v) is 9.15. The first-order valence-corrected chi connectivity index (χ1v) is 17.0. The second kappa shape index (κ2) is 16.0. The number of nitrogens with zero attached hydrogens (tertiary/aromatic N) is 2. The number of benzene rings is 3. The van der Waals surface area contributed by atoms with E-state index in [1.54, 1.807) is 57.4 Å². The number of methoxy groups -OCH3 is 2. The fraction of sp³-hybridized carbons (Fsp3) is 0.278. The Kier molecular flexibility index (Phi) is 11.6. The Morgan fingerprint density at radius 2 is 1.69 bits per heavy atom. The van der Waals surface area contributed by atoms with Crippen LogP contribution in [0.15, 0.2) is 86.2 Å². The van der Waals surface area contributed by atoms with E-state index in [0.29, 0.717) is 66.8 Å². The highest BCUT2D eigenvalue weighted by molar-refractivity contribution is 9.10. The lowest BCUT2D eigenvalue weighted by Gasteiger charge is -2.25. The molecule has 1 aliphatic rings. The summed E-state index contributed by atoms with van der Waals surface area (Å²) in [5.74, 6) is 0.516. The molecule has 0 spiro atoms. The summed E-state index contributed by atoms with van der Waals surface area (Å²) in [6.07, 6.45) is 1.74. The third kappa shape index (κ3) is 7.89. The second-order valence-electron chi connectivity index (χ2n) is 10.6. The third-order valence-electron chi connectivity index (χ3n) is 7.48. The zero-order valence-corrected chi connectivity index (χ0v) is 30.0. The summed E-state index contributed by atoms with van der Waals surface area (Å²) in [5.41, 5.74) is 2.52. The summed E-state index contributed by atoms with van der Waals surface area (Å²) in [6, 6.07) is 17.5. The van der Waals surface area contributed by atoms with Gasteiger partial charge in [-0.15, -0.1) is 0 Å². The van der Waals surface area contributed by atoms with E-state index in [2.05, 4.69) is 25.7 Å². The zero-order chi connectivity index (χ0) is 35.1. The van der Waals surface area contributed by atoms with Gasteiger partial charge < -0.3 is 28.4 Å². The topological polar surface area (TPSA) is 124 Å². The Morgan fingerprint density at radius 3 is 2.39 bits per heavy atom. The smallest absolute Gasteiger partial charge is 0.343 e. The SMILES string of the molecule is CCOC(=O)C1=C(C)N=c2s/c(=C\c3cc(OC)c(OCc4ccccc4)cc3Br)c(=O)n2[C@H]1c1ccc(OCC(=O)OC)c(OCC)c1. The maximum atomic E-state index is 14.2. The highest BCUT2D eigenvalue weighted by Gasteiger charge is 2.34.